The van der Waals surface area contributed by atoms with Gasteiger partial charge in [0, 0.05) is 6.20 Å². The van der Waals surface area contributed by atoms with Crippen molar-refractivity contribution < 1.29 is 9.52 Å². The number of halogens is 1. The van der Waals surface area contributed by atoms with E-state index in [4.69, 9.17) is 21.1 Å². The van der Waals surface area contributed by atoms with Crippen LogP contribution < -0.4 is 0 Å². The molecule has 0 aliphatic carbocycles. The standard InChI is InChI=1S/C8H6ClNO2/c9-7-4-12-8-6(7)1-5(3-11)2-10-8/h1-2,4,11H,3H2. The largest absolute Gasteiger partial charge is 0.445 e. The predicted octanol–water partition coefficient (Wildman–Crippen LogP) is 1.97. The summed E-state index contributed by atoms with van der Waals surface area (Å²) in [5.41, 5.74) is 1.23. The van der Waals surface area contributed by atoms with Crippen molar-refractivity contribution in [2.75, 3.05) is 0 Å². The number of hydrogen-bond donors (Lipinski definition) is 1. The van der Waals surface area contributed by atoms with Crippen LogP contribution >= 0.6 is 11.6 Å². The summed E-state index contributed by atoms with van der Waals surface area (Å²) in [6, 6.07) is 1.76. The molecule has 4 heteroatoms. The molecular weight excluding hydrogens is 178 g/mol. The average Bonchev–Trinajstić information content (AvgIpc) is 2.47. The molecule has 3 nitrogen and oxygen atoms in total. The lowest BCUT2D eigenvalue weighted by molar-refractivity contribution is 0.281. The zero-order chi connectivity index (χ0) is 8.55. The summed E-state index contributed by atoms with van der Waals surface area (Å²) < 4.78 is 5.02. The minimum Gasteiger partial charge on any atom is -0.445 e. The topological polar surface area (TPSA) is 46.3 Å². The van der Waals surface area contributed by atoms with Crippen LogP contribution in [0.4, 0.5) is 0 Å². The Morgan fingerprint density at radius 1 is 1.58 bits per heavy atom. The van der Waals surface area contributed by atoms with Gasteiger partial charge in [0.2, 0.25) is 5.71 Å². The lowest BCUT2D eigenvalue weighted by atomic mass is 10.2. The van der Waals surface area contributed by atoms with E-state index in [0.717, 1.165) is 10.9 Å². The van der Waals surface area contributed by atoms with Crippen molar-refractivity contribution >= 4 is 22.7 Å². The second-order valence-corrected chi connectivity index (χ2v) is 2.85. The number of rotatable bonds is 1. The Morgan fingerprint density at radius 2 is 2.42 bits per heavy atom. The van der Waals surface area contributed by atoms with Crippen molar-refractivity contribution in [2.45, 2.75) is 6.61 Å². The fraction of sp³-hybridized carbons (Fsp3) is 0.125. The van der Waals surface area contributed by atoms with E-state index in [1.54, 1.807) is 12.3 Å². The third-order valence-corrected chi connectivity index (χ3v) is 1.91. The Labute approximate surface area is 73.6 Å². The molecule has 0 radical (unpaired) electrons. The molecule has 0 bridgehead atoms. The minimum absolute atomic E-state index is 0.0373. The SMILES string of the molecule is OCc1cnc2occ(Cl)c2c1. The first-order valence-corrected chi connectivity index (χ1v) is 3.81. The van der Waals surface area contributed by atoms with Gasteiger partial charge in [-0.1, -0.05) is 11.6 Å². The van der Waals surface area contributed by atoms with Gasteiger partial charge in [0.1, 0.15) is 6.26 Å². The van der Waals surface area contributed by atoms with E-state index < -0.39 is 0 Å². The number of aliphatic hydroxyl groups excluding tert-OH is 1. The number of fused-ring (bicyclic) bond motifs is 1. The van der Waals surface area contributed by atoms with Gasteiger partial charge in [-0.25, -0.2) is 4.98 Å². The molecule has 0 unspecified atom stereocenters. The first-order valence-electron chi connectivity index (χ1n) is 3.44. The van der Waals surface area contributed by atoms with Crippen LogP contribution in [-0.2, 0) is 6.61 Å². The maximum atomic E-state index is 8.81. The highest BCUT2D eigenvalue weighted by Crippen LogP contribution is 2.24. The molecule has 0 aromatic carbocycles. The molecule has 0 aliphatic rings. The molecule has 0 spiro atoms. The van der Waals surface area contributed by atoms with Crippen LogP contribution in [0, 0.1) is 0 Å². The van der Waals surface area contributed by atoms with Gasteiger partial charge in [-0.05, 0) is 11.6 Å². The molecule has 0 fully saturated rings. The van der Waals surface area contributed by atoms with Crippen LogP contribution in [0.15, 0.2) is 22.9 Å². The third kappa shape index (κ3) is 1.07. The smallest absolute Gasteiger partial charge is 0.227 e. The number of aliphatic hydroxyl groups is 1. The molecule has 0 amide bonds. The molecule has 2 aromatic rings. The number of nitrogens with zero attached hydrogens (tertiary/aromatic N) is 1. The van der Waals surface area contributed by atoms with Gasteiger partial charge in [-0.2, -0.15) is 0 Å². The van der Waals surface area contributed by atoms with Crippen molar-refractivity contribution in [3.8, 4) is 0 Å². The van der Waals surface area contributed by atoms with Crippen LogP contribution in [0.3, 0.4) is 0 Å². The summed E-state index contributed by atoms with van der Waals surface area (Å²) >= 11 is 5.79. The lowest BCUT2D eigenvalue weighted by Crippen LogP contribution is -1.83. The van der Waals surface area contributed by atoms with Crippen LogP contribution in [0.5, 0.6) is 0 Å². The Morgan fingerprint density at radius 3 is 3.17 bits per heavy atom. The predicted molar refractivity (Wildman–Crippen MR) is 44.9 cm³/mol. The lowest BCUT2D eigenvalue weighted by Gasteiger charge is -1.93. The highest BCUT2D eigenvalue weighted by molar-refractivity contribution is 6.35. The van der Waals surface area contributed by atoms with E-state index in [1.807, 2.05) is 0 Å². The summed E-state index contributed by atoms with van der Waals surface area (Å²) in [6.45, 7) is -0.0373. The van der Waals surface area contributed by atoms with Crippen molar-refractivity contribution in [3.05, 3.63) is 29.1 Å². The van der Waals surface area contributed by atoms with E-state index in [2.05, 4.69) is 4.98 Å². The summed E-state index contributed by atoms with van der Waals surface area (Å²) in [5.74, 6) is 0. The van der Waals surface area contributed by atoms with Gasteiger partial charge in [-0.3, -0.25) is 0 Å². The fourth-order valence-electron chi connectivity index (χ4n) is 1.02. The molecule has 62 valence electrons. The third-order valence-electron chi connectivity index (χ3n) is 1.62. The fourth-order valence-corrected chi connectivity index (χ4v) is 1.20. The normalized spacial score (nSPS) is 10.8. The van der Waals surface area contributed by atoms with E-state index in [0.29, 0.717) is 10.7 Å². The first kappa shape index (κ1) is 7.58. The van der Waals surface area contributed by atoms with Gasteiger partial charge in [0.05, 0.1) is 17.0 Å². The maximum Gasteiger partial charge on any atom is 0.227 e. The Hall–Kier alpha value is -1.06. The van der Waals surface area contributed by atoms with Crippen LogP contribution in [0.1, 0.15) is 5.56 Å². The molecule has 2 heterocycles. The van der Waals surface area contributed by atoms with Crippen molar-refractivity contribution in [3.63, 3.8) is 0 Å². The van der Waals surface area contributed by atoms with E-state index >= 15 is 0 Å². The van der Waals surface area contributed by atoms with Gasteiger partial charge < -0.3 is 9.52 Å². The summed E-state index contributed by atoms with van der Waals surface area (Å²) in [6.07, 6.45) is 2.99. The molecule has 2 rings (SSSR count). The average molecular weight is 184 g/mol. The van der Waals surface area contributed by atoms with Gasteiger partial charge in [0.25, 0.3) is 0 Å². The van der Waals surface area contributed by atoms with Crippen molar-refractivity contribution in [1.82, 2.24) is 4.98 Å². The van der Waals surface area contributed by atoms with Gasteiger partial charge in [-0.15, -0.1) is 0 Å². The molecule has 0 saturated carbocycles. The second kappa shape index (κ2) is 2.77. The molecular formula is C8H6ClNO2. The monoisotopic (exact) mass is 183 g/mol. The Bertz CT molecular complexity index is 410. The quantitative estimate of drug-likeness (QED) is 0.735. The summed E-state index contributed by atoms with van der Waals surface area (Å²) in [4.78, 5) is 3.96. The molecule has 0 saturated heterocycles. The Balaban J connectivity index is 2.71. The first-order chi connectivity index (χ1) is 5.81. The van der Waals surface area contributed by atoms with E-state index in [-0.39, 0.29) is 6.61 Å². The number of hydrogen-bond acceptors (Lipinski definition) is 3. The molecule has 0 aliphatic heterocycles. The van der Waals surface area contributed by atoms with E-state index in [9.17, 15) is 0 Å². The highest BCUT2D eigenvalue weighted by atomic mass is 35.5. The van der Waals surface area contributed by atoms with Crippen molar-refractivity contribution in [2.24, 2.45) is 0 Å². The molecule has 1 N–H and O–H groups in total. The highest BCUT2D eigenvalue weighted by Gasteiger charge is 2.04. The maximum absolute atomic E-state index is 8.81. The molecule has 12 heavy (non-hydrogen) atoms. The van der Waals surface area contributed by atoms with Gasteiger partial charge >= 0.3 is 0 Å². The zero-order valence-corrected chi connectivity index (χ0v) is 6.88. The minimum atomic E-state index is -0.0373. The summed E-state index contributed by atoms with van der Waals surface area (Å²) in [7, 11) is 0. The Kier molecular flexibility index (Phi) is 1.75. The number of pyridine rings is 1. The van der Waals surface area contributed by atoms with Crippen LogP contribution in [0.25, 0.3) is 11.1 Å². The van der Waals surface area contributed by atoms with Gasteiger partial charge in [0.15, 0.2) is 0 Å². The second-order valence-electron chi connectivity index (χ2n) is 2.44. The molecule has 2 aromatic heterocycles. The van der Waals surface area contributed by atoms with Crippen LogP contribution in [-0.4, -0.2) is 10.1 Å². The van der Waals surface area contributed by atoms with Crippen molar-refractivity contribution in [1.29, 1.82) is 0 Å². The van der Waals surface area contributed by atoms with E-state index in [1.165, 1.54) is 6.26 Å². The van der Waals surface area contributed by atoms with Crippen LogP contribution in [0.2, 0.25) is 5.02 Å². The summed E-state index contributed by atoms with van der Waals surface area (Å²) in [5, 5.41) is 10.1. The zero-order valence-electron chi connectivity index (χ0n) is 6.12. The number of furan rings is 1. The molecule has 0 atom stereocenters. The number of aromatic nitrogens is 1.